The molecule has 0 saturated heterocycles. The Kier molecular flexibility index (Phi) is 4.73. The lowest BCUT2D eigenvalue weighted by Crippen LogP contribution is -2.23. The summed E-state index contributed by atoms with van der Waals surface area (Å²) in [5.74, 6) is -0.779. The summed E-state index contributed by atoms with van der Waals surface area (Å²) in [5.41, 5.74) is 3.95. The number of thiocarbonyl (C=S) groups is 1. The molecule has 0 aliphatic carbocycles. The van der Waals surface area contributed by atoms with Crippen molar-refractivity contribution in [1.29, 1.82) is 0 Å². The second-order valence-corrected chi connectivity index (χ2v) is 4.78. The molecule has 0 aliphatic heterocycles. The second-order valence-electron chi connectivity index (χ2n) is 3.09. The predicted octanol–water partition coefficient (Wildman–Crippen LogP) is 2.75. The zero-order valence-electron chi connectivity index (χ0n) is 8.82. The van der Waals surface area contributed by atoms with Crippen molar-refractivity contribution in [3.63, 3.8) is 0 Å². The highest BCUT2D eigenvalue weighted by Crippen LogP contribution is 2.39. The number of nitrogens with two attached hydrogens (primary N) is 1. The Morgan fingerprint density at radius 2 is 2.11 bits per heavy atom. The van der Waals surface area contributed by atoms with E-state index in [0.717, 1.165) is 12.1 Å². The van der Waals surface area contributed by atoms with Crippen LogP contribution in [0, 0.1) is 13.7 Å². The van der Waals surface area contributed by atoms with Crippen molar-refractivity contribution >= 4 is 51.3 Å². The minimum absolute atomic E-state index is 0.192. The molecule has 0 saturated carbocycles. The fourth-order valence-corrected chi connectivity index (χ4v) is 1.85. The van der Waals surface area contributed by atoms with Crippen molar-refractivity contribution in [2.45, 2.75) is 6.36 Å². The van der Waals surface area contributed by atoms with Crippen molar-refractivity contribution in [3.8, 4) is 5.75 Å². The van der Waals surface area contributed by atoms with Crippen LogP contribution in [-0.2, 0) is 0 Å². The summed E-state index contributed by atoms with van der Waals surface area (Å²) in [6, 6.07) is 2.03. The number of hydrogen-bond acceptors (Lipinski definition) is 4. The van der Waals surface area contributed by atoms with Crippen LogP contribution in [0.15, 0.2) is 12.1 Å². The summed E-state index contributed by atoms with van der Waals surface area (Å²) < 4.78 is 40.6. The van der Waals surface area contributed by atoms with Crippen molar-refractivity contribution in [3.05, 3.63) is 25.8 Å². The Hall–Kier alpha value is -1.37. The van der Waals surface area contributed by atoms with Crippen molar-refractivity contribution < 1.29 is 22.8 Å². The molecule has 0 unspecified atom stereocenters. The number of anilines is 1. The lowest BCUT2D eigenvalue weighted by atomic mass is 10.2. The first-order chi connectivity index (χ1) is 8.60. The Morgan fingerprint density at radius 1 is 1.53 bits per heavy atom. The van der Waals surface area contributed by atoms with Crippen LogP contribution in [0.25, 0.3) is 0 Å². The van der Waals surface area contributed by atoms with E-state index in [9.17, 15) is 23.3 Å². The van der Waals surface area contributed by atoms with E-state index in [1.54, 1.807) is 22.6 Å². The average Bonchev–Trinajstić information content (AvgIpc) is 2.18. The maximum Gasteiger partial charge on any atom is 0.573 e. The number of nitrogens with zero attached hydrogens (tertiary/aromatic N) is 1. The van der Waals surface area contributed by atoms with Crippen molar-refractivity contribution in [2.24, 2.45) is 5.73 Å². The lowest BCUT2D eigenvalue weighted by Gasteiger charge is -2.14. The summed E-state index contributed by atoms with van der Waals surface area (Å²) in [6.45, 7) is 0. The lowest BCUT2D eigenvalue weighted by molar-refractivity contribution is -0.384. The molecule has 0 aromatic heterocycles. The summed E-state index contributed by atoms with van der Waals surface area (Å²) >= 11 is 6.09. The molecule has 0 radical (unpaired) electrons. The molecule has 0 spiro atoms. The van der Waals surface area contributed by atoms with E-state index in [4.69, 9.17) is 5.73 Å². The van der Waals surface area contributed by atoms with E-state index >= 15 is 0 Å². The summed E-state index contributed by atoms with van der Waals surface area (Å²) in [7, 11) is 0. The van der Waals surface area contributed by atoms with E-state index in [1.807, 2.05) is 0 Å². The fraction of sp³-hybridized carbons (Fsp3) is 0.125. The normalized spacial score (nSPS) is 10.9. The van der Waals surface area contributed by atoms with E-state index in [2.05, 4.69) is 22.3 Å². The van der Waals surface area contributed by atoms with Gasteiger partial charge in [0.05, 0.1) is 4.92 Å². The van der Waals surface area contributed by atoms with Gasteiger partial charge in [0, 0.05) is 9.64 Å². The molecular weight excluding hydrogens is 402 g/mol. The van der Waals surface area contributed by atoms with Gasteiger partial charge in [0.25, 0.3) is 5.69 Å². The molecule has 0 bridgehead atoms. The molecule has 11 heteroatoms. The fourth-order valence-electron chi connectivity index (χ4n) is 1.17. The third-order valence-electron chi connectivity index (χ3n) is 1.72. The van der Waals surface area contributed by atoms with Gasteiger partial charge in [0.1, 0.15) is 0 Å². The molecule has 0 amide bonds. The largest absolute Gasteiger partial charge is 0.573 e. The molecule has 104 valence electrons. The van der Waals surface area contributed by atoms with Crippen LogP contribution in [0.2, 0.25) is 0 Å². The van der Waals surface area contributed by atoms with Crippen LogP contribution >= 0.6 is 34.8 Å². The van der Waals surface area contributed by atoms with Gasteiger partial charge in [-0.3, -0.25) is 10.1 Å². The Bertz CT molecular complexity index is 538. The maximum absolute atomic E-state index is 12.2. The third kappa shape index (κ3) is 4.66. The molecule has 19 heavy (non-hydrogen) atoms. The van der Waals surface area contributed by atoms with Gasteiger partial charge < -0.3 is 15.8 Å². The van der Waals surface area contributed by atoms with Crippen LogP contribution in [0.5, 0.6) is 5.75 Å². The zero-order chi connectivity index (χ0) is 14.8. The van der Waals surface area contributed by atoms with Gasteiger partial charge in [-0.2, -0.15) is 0 Å². The highest BCUT2D eigenvalue weighted by molar-refractivity contribution is 14.1. The number of alkyl halides is 3. The highest BCUT2D eigenvalue weighted by Gasteiger charge is 2.34. The Morgan fingerprint density at radius 3 is 2.53 bits per heavy atom. The standard InChI is InChI=1S/C8H5F3IN3O3S/c9-8(10,11)18-5-2-3(12)1-4(15(16)17)6(5)14-7(13)19/h1-2H,(H3,13,14,19). The summed E-state index contributed by atoms with van der Waals surface area (Å²) in [5, 5.41) is 12.5. The van der Waals surface area contributed by atoms with Gasteiger partial charge in [-0.15, -0.1) is 13.2 Å². The number of benzene rings is 1. The molecular formula is C8H5F3IN3O3S. The molecule has 1 rings (SSSR count). The number of nitro groups is 1. The average molecular weight is 407 g/mol. The minimum atomic E-state index is -5.00. The van der Waals surface area contributed by atoms with E-state index < -0.39 is 33.5 Å². The predicted molar refractivity (Wildman–Crippen MR) is 72.9 cm³/mol. The number of nitrogens with one attached hydrogen (secondary N) is 1. The van der Waals surface area contributed by atoms with Gasteiger partial charge in [-0.1, -0.05) is 0 Å². The van der Waals surface area contributed by atoms with Gasteiger partial charge in [-0.05, 0) is 40.9 Å². The number of nitro benzene ring substituents is 1. The quantitative estimate of drug-likeness (QED) is 0.347. The minimum Gasteiger partial charge on any atom is -0.403 e. The highest BCUT2D eigenvalue weighted by atomic mass is 127. The number of ether oxygens (including phenoxy) is 1. The van der Waals surface area contributed by atoms with Crippen LogP contribution in [0.4, 0.5) is 24.5 Å². The molecule has 0 atom stereocenters. The van der Waals surface area contributed by atoms with Gasteiger partial charge >= 0.3 is 6.36 Å². The summed E-state index contributed by atoms with van der Waals surface area (Å²) in [4.78, 5) is 9.95. The summed E-state index contributed by atoms with van der Waals surface area (Å²) in [6.07, 6.45) is -5.00. The number of hydrogen-bond donors (Lipinski definition) is 2. The van der Waals surface area contributed by atoms with E-state index in [0.29, 0.717) is 0 Å². The smallest absolute Gasteiger partial charge is 0.403 e. The Balaban J connectivity index is 3.41. The van der Waals surface area contributed by atoms with Crippen LogP contribution in [-0.4, -0.2) is 16.4 Å². The molecule has 0 heterocycles. The number of rotatable bonds is 3. The number of halogens is 4. The van der Waals surface area contributed by atoms with E-state index in [1.165, 1.54) is 0 Å². The third-order valence-corrected chi connectivity index (χ3v) is 2.44. The molecule has 6 nitrogen and oxygen atoms in total. The van der Waals surface area contributed by atoms with Crippen molar-refractivity contribution in [1.82, 2.24) is 0 Å². The van der Waals surface area contributed by atoms with E-state index in [-0.39, 0.29) is 3.57 Å². The first kappa shape index (κ1) is 15.7. The van der Waals surface area contributed by atoms with Gasteiger partial charge in [0.2, 0.25) is 0 Å². The molecule has 1 aromatic rings. The Labute approximate surface area is 123 Å². The van der Waals surface area contributed by atoms with Crippen LogP contribution in [0.3, 0.4) is 0 Å². The maximum atomic E-state index is 12.2. The topological polar surface area (TPSA) is 90.4 Å². The first-order valence-corrected chi connectivity index (χ1v) is 5.89. The molecule has 0 aliphatic rings. The first-order valence-electron chi connectivity index (χ1n) is 4.40. The molecule has 0 fully saturated rings. The zero-order valence-corrected chi connectivity index (χ0v) is 11.8. The molecule has 1 aromatic carbocycles. The van der Waals surface area contributed by atoms with Gasteiger partial charge in [-0.25, -0.2) is 0 Å². The SMILES string of the molecule is NC(=S)Nc1c(OC(F)(F)F)cc(I)cc1[N+](=O)[O-]. The second kappa shape index (κ2) is 5.73. The van der Waals surface area contributed by atoms with Crippen molar-refractivity contribution in [2.75, 3.05) is 5.32 Å². The van der Waals surface area contributed by atoms with Gasteiger partial charge in [0.15, 0.2) is 16.5 Å². The monoisotopic (exact) mass is 407 g/mol. The van der Waals surface area contributed by atoms with Crippen LogP contribution in [0.1, 0.15) is 0 Å². The van der Waals surface area contributed by atoms with Crippen LogP contribution < -0.4 is 15.8 Å². The molecule has 3 N–H and O–H groups in total.